The predicted molar refractivity (Wildman–Crippen MR) is 92.5 cm³/mol. The lowest BCUT2D eigenvalue weighted by Gasteiger charge is -2.11. The molecule has 3 rings (SSSR count). The van der Waals surface area contributed by atoms with Gasteiger partial charge < -0.3 is 14.0 Å². The fraction of sp³-hybridized carbons (Fsp3) is 0.167. The monoisotopic (exact) mass is 430 g/mol. The number of benzene rings is 2. The van der Waals surface area contributed by atoms with Gasteiger partial charge in [-0.3, -0.25) is 4.79 Å². The molecule has 0 saturated heterocycles. The van der Waals surface area contributed by atoms with E-state index in [-0.39, 0.29) is 21.9 Å². The first-order chi connectivity index (χ1) is 13.7. The van der Waals surface area contributed by atoms with Gasteiger partial charge in [0.05, 0.1) is 17.7 Å². The lowest BCUT2D eigenvalue weighted by atomic mass is 10.1. The molecule has 11 heteroatoms. The first kappa shape index (κ1) is 20.6. The fourth-order valence-corrected chi connectivity index (χ4v) is 2.56. The number of aromatic nitrogens is 2. The Balaban J connectivity index is 1.77. The molecule has 0 saturated carbocycles. The number of para-hydroxylation sites is 1. The van der Waals surface area contributed by atoms with Gasteiger partial charge in [0.1, 0.15) is 5.82 Å². The van der Waals surface area contributed by atoms with Gasteiger partial charge in [-0.25, -0.2) is 4.39 Å². The molecule has 0 N–H and O–H groups in total. The number of ketones is 1. The summed E-state index contributed by atoms with van der Waals surface area (Å²) in [5, 5.41) is 3.36. The lowest BCUT2D eigenvalue weighted by molar-refractivity contribution is -0.159. The third-order valence-electron chi connectivity index (χ3n) is 3.69. The van der Waals surface area contributed by atoms with Crippen LogP contribution in [-0.4, -0.2) is 29.6 Å². The number of ether oxygens (including phenoxy) is 2. The van der Waals surface area contributed by atoms with Crippen molar-refractivity contribution in [1.82, 2.24) is 10.1 Å². The summed E-state index contributed by atoms with van der Waals surface area (Å²) < 4.78 is 66.5. The zero-order chi connectivity index (χ0) is 21.2. The highest BCUT2D eigenvalue weighted by atomic mass is 35.5. The van der Waals surface area contributed by atoms with Crippen molar-refractivity contribution in [2.45, 2.75) is 6.18 Å². The molecular weight excluding hydrogens is 420 g/mol. The van der Waals surface area contributed by atoms with Crippen molar-refractivity contribution in [2.75, 3.05) is 13.7 Å². The number of rotatable bonds is 6. The molecule has 6 nitrogen and oxygen atoms in total. The molecule has 1 heterocycles. The zero-order valence-corrected chi connectivity index (χ0v) is 15.3. The van der Waals surface area contributed by atoms with Crippen molar-refractivity contribution >= 4 is 17.4 Å². The van der Waals surface area contributed by atoms with Crippen molar-refractivity contribution in [2.24, 2.45) is 0 Å². The molecule has 0 bridgehead atoms. The van der Waals surface area contributed by atoms with Gasteiger partial charge in [-0.05, 0) is 24.3 Å². The molecule has 0 aliphatic carbocycles. The maximum absolute atomic E-state index is 14.3. The van der Waals surface area contributed by atoms with E-state index in [1.54, 1.807) is 12.1 Å². The Morgan fingerprint density at radius 3 is 2.62 bits per heavy atom. The normalized spacial score (nSPS) is 11.4. The average Bonchev–Trinajstić information content (AvgIpc) is 3.17. The second-order valence-corrected chi connectivity index (χ2v) is 6.01. The largest absolute Gasteiger partial charge is 0.493 e. The fourth-order valence-electron chi connectivity index (χ4n) is 2.34. The van der Waals surface area contributed by atoms with E-state index in [1.165, 1.54) is 19.2 Å². The number of hydrogen-bond donors (Lipinski definition) is 0. The van der Waals surface area contributed by atoms with E-state index in [4.69, 9.17) is 21.1 Å². The quantitative estimate of drug-likeness (QED) is 0.412. The summed E-state index contributed by atoms with van der Waals surface area (Å²) in [4.78, 5) is 15.5. The van der Waals surface area contributed by atoms with Crippen molar-refractivity contribution in [3.63, 3.8) is 0 Å². The molecule has 0 radical (unpaired) electrons. The van der Waals surface area contributed by atoms with Crippen molar-refractivity contribution in [1.29, 1.82) is 0 Å². The highest BCUT2D eigenvalue weighted by Crippen LogP contribution is 2.35. The van der Waals surface area contributed by atoms with Crippen LogP contribution in [0.3, 0.4) is 0 Å². The van der Waals surface area contributed by atoms with Crippen molar-refractivity contribution in [3.8, 4) is 22.9 Å². The van der Waals surface area contributed by atoms with E-state index in [0.717, 1.165) is 12.1 Å². The molecular formula is C18H11ClF4N2O4. The highest BCUT2D eigenvalue weighted by molar-refractivity contribution is 6.32. The van der Waals surface area contributed by atoms with Gasteiger partial charge in [-0.2, -0.15) is 18.2 Å². The number of halogens is 5. The topological polar surface area (TPSA) is 74.5 Å². The number of carbonyl (C=O) groups is 1. The Morgan fingerprint density at radius 2 is 2.00 bits per heavy atom. The van der Waals surface area contributed by atoms with Gasteiger partial charge in [-0.1, -0.05) is 28.9 Å². The molecule has 0 spiro atoms. The number of hydrogen-bond acceptors (Lipinski definition) is 6. The first-order valence-electron chi connectivity index (χ1n) is 7.90. The van der Waals surface area contributed by atoms with Gasteiger partial charge in [0, 0.05) is 5.56 Å². The summed E-state index contributed by atoms with van der Waals surface area (Å²) in [5.74, 6) is -3.32. The lowest BCUT2D eigenvalue weighted by Crippen LogP contribution is -2.14. The molecule has 2 aromatic carbocycles. The number of methoxy groups -OCH3 is 1. The van der Waals surface area contributed by atoms with E-state index in [9.17, 15) is 22.4 Å². The van der Waals surface area contributed by atoms with E-state index in [1.807, 2.05) is 0 Å². The summed E-state index contributed by atoms with van der Waals surface area (Å²) >= 11 is 6.00. The van der Waals surface area contributed by atoms with E-state index in [2.05, 4.69) is 14.7 Å². The smallest absolute Gasteiger partial charge is 0.471 e. The summed E-state index contributed by atoms with van der Waals surface area (Å²) in [5.41, 5.74) is -0.425. The SMILES string of the molecule is COc1cccc(Cl)c1OCC(=O)c1ccc(-c2noc(C(F)(F)F)n2)cc1F. The first-order valence-corrected chi connectivity index (χ1v) is 8.28. The molecule has 152 valence electrons. The van der Waals surface area contributed by atoms with E-state index < -0.39 is 36.1 Å². The average molecular weight is 431 g/mol. The van der Waals surface area contributed by atoms with Gasteiger partial charge >= 0.3 is 12.1 Å². The van der Waals surface area contributed by atoms with Crippen LogP contribution in [0.5, 0.6) is 11.5 Å². The van der Waals surface area contributed by atoms with Gasteiger partial charge in [0.15, 0.2) is 18.1 Å². The van der Waals surface area contributed by atoms with Gasteiger partial charge in [0.2, 0.25) is 11.6 Å². The summed E-state index contributed by atoms with van der Waals surface area (Å²) in [6.07, 6.45) is -4.82. The maximum atomic E-state index is 14.3. The molecule has 0 aliphatic heterocycles. The van der Waals surface area contributed by atoms with Crippen LogP contribution in [0.2, 0.25) is 5.02 Å². The van der Waals surface area contributed by atoms with Crippen molar-refractivity contribution < 1.29 is 36.4 Å². The standard InChI is InChI=1S/C18H11ClF4N2O4/c1-27-14-4-2-3-11(19)15(14)28-8-13(26)10-6-5-9(7-12(10)20)16-24-17(29-25-16)18(21,22)23/h2-7H,8H2,1H3. The summed E-state index contributed by atoms with van der Waals surface area (Å²) in [6, 6.07) is 7.83. The van der Waals surface area contributed by atoms with Crippen LogP contribution in [0.4, 0.5) is 17.6 Å². The van der Waals surface area contributed by atoms with E-state index in [0.29, 0.717) is 5.75 Å². The number of alkyl halides is 3. The Hall–Kier alpha value is -3.14. The third kappa shape index (κ3) is 4.48. The second-order valence-electron chi connectivity index (χ2n) is 5.60. The van der Waals surface area contributed by atoms with Gasteiger partial charge in [-0.15, -0.1) is 0 Å². The Labute approximate surface area is 166 Å². The number of nitrogens with zero attached hydrogens (tertiary/aromatic N) is 2. The molecule has 0 atom stereocenters. The van der Waals surface area contributed by atoms with E-state index >= 15 is 0 Å². The van der Waals surface area contributed by atoms with Crippen LogP contribution < -0.4 is 9.47 Å². The number of carbonyl (C=O) groups excluding carboxylic acids is 1. The Bertz CT molecular complexity index is 1050. The Morgan fingerprint density at radius 1 is 1.24 bits per heavy atom. The van der Waals surface area contributed by atoms with Crippen LogP contribution in [0.15, 0.2) is 40.9 Å². The van der Waals surface area contributed by atoms with Crippen LogP contribution in [0.1, 0.15) is 16.2 Å². The number of Topliss-reactive ketones (excluding diaryl/α,β-unsaturated/α-hetero) is 1. The molecule has 0 aliphatic rings. The molecule has 0 unspecified atom stereocenters. The maximum Gasteiger partial charge on any atom is 0.471 e. The van der Waals surface area contributed by atoms with Crippen LogP contribution in [-0.2, 0) is 6.18 Å². The van der Waals surface area contributed by atoms with Gasteiger partial charge in [0.25, 0.3) is 0 Å². The predicted octanol–water partition coefficient (Wildman–Crippen LogP) is 4.82. The minimum Gasteiger partial charge on any atom is -0.493 e. The molecule has 0 amide bonds. The minimum absolute atomic E-state index is 0.0907. The van der Waals surface area contributed by atoms with Crippen molar-refractivity contribution in [3.05, 3.63) is 58.7 Å². The van der Waals surface area contributed by atoms with Crippen LogP contribution >= 0.6 is 11.6 Å². The zero-order valence-electron chi connectivity index (χ0n) is 14.6. The minimum atomic E-state index is -4.82. The summed E-state index contributed by atoms with van der Waals surface area (Å²) in [6.45, 7) is -0.545. The molecule has 0 fully saturated rings. The Kier molecular flexibility index (Phi) is 5.73. The molecule has 29 heavy (non-hydrogen) atoms. The summed E-state index contributed by atoms with van der Waals surface area (Å²) in [7, 11) is 1.39. The highest BCUT2D eigenvalue weighted by Gasteiger charge is 2.38. The second kappa shape index (κ2) is 8.08. The third-order valence-corrected chi connectivity index (χ3v) is 3.99. The van der Waals surface area contributed by atoms with Crippen LogP contribution in [0, 0.1) is 5.82 Å². The molecule has 1 aromatic heterocycles. The molecule has 3 aromatic rings. The van der Waals surface area contributed by atoms with Crippen LogP contribution in [0.25, 0.3) is 11.4 Å².